The number of phenols is 1. The van der Waals surface area contributed by atoms with Crippen molar-refractivity contribution in [3.63, 3.8) is 0 Å². The number of aromatic hydroxyl groups is 1. The molecule has 2 aromatic carbocycles. The number of hydrogen-bond acceptors (Lipinski definition) is 6. The lowest BCUT2D eigenvalue weighted by molar-refractivity contribution is -0.145. The molecule has 0 radical (unpaired) electrons. The molecule has 1 heterocycles. The Morgan fingerprint density at radius 3 is 2.26 bits per heavy atom. The van der Waals surface area contributed by atoms with Crippen molar-refractivity contribution in [2.45, 2.75) is 70.1 Å². The molecular formula is C29H38N4O6. The molecule has 5 atom stereocenters. The Morgan fingerprint density at radius 2 is 1.64 bits per heavy atom. The van der Waals surface area contributed by atoms with E-state index in [0.29, 0.717) is 25.8 Å². The van der Waals surface area contributed by atoms with Crippen molar-refractivity contribution in [2.75, 3.05) is 6.54 Å². The van der Waals surface area contributed by atoms with Gasteiger partial charge in [0.25, 0.3) is 0 Å². The van der Waals surface area contributed by atoms with Gasteiger partial charge in [-0.05, 0) is 48.4 Å². The molecule has 10 heteroatoms. The Balaban J connectivity index is 1.68. The predicted octanol–water partition coefficient (Wildman–Crippen LogP) is 1.60. The number of carbonyl (C=O) groups is 4. The minimum Gasteiger partial charge on any atom is -0.508 e. The quantitative estimate of drug-likeness (QED) is 0.274. The molecule has 3 rings (SSSR count). The van der Waals surface area contributed by atoms with Gasteiger partial charge in [0.2, 0.25) is 17.7 Å². The van der Waals surface area contributed by atoms with Crippen LogP contribution < -0.4 is 16.4 Å². The smallest absolute Gasteiger partial charge is 0.326 e. The molecule has 0 aromatic heterocycles. The Bertz CT molecular complexity index is 1140. The largest absolute Gasteiger partial charge is 0.508 e. The molecule has 0 spiro atoms. The van der Waals surface area contributed by atoms with E-state index in [1.54, 1.807) is 36.4 Å². The van der Waals surface area contributed by atoms with Crippen LogP contribution in [0.3, 0.4) is 0 Å². The summed E-state index contributed by atoms with van der Waals surface area (Å²) in [5.41, 5.74) is 7.67. The summed E-state index contributed by atoms with van der Waals surface area (Å²) in [6, 6.07) is 11.6. The third-order valence-corrected chi connectivity index (χ3v) is 7.24. The fourth-order valence-corrected chi connectivity index (χ4v) is 4.72. The molecule has 5 unspecified atom stereocenters. The second-order valence-electron chi connectivity index (χ2n) is 10.1. The Hall–Kier alpha value is -3.92. The van der Waals surface area contributed by atoms with E-state index in [2.05, 4.69) is 10.6 Å². The average molecular weight is 539 g/mol. The van der Waals surface area contributed by atoms with Gasteiger partial charge in [-0.2, -0.15) is 0 Å². The van der Waals surface area contributed by atoms with Crippen LogP contribution in [-0.4, -0.2) is 69.5 Å². The van der Waals surface area contributed by atoms with E-state index in [1.807, 2.05) is 19.9 Å². The minimum atomic E-state index is -1.16. The second-order valence-corrected chi connectivity index (χ2v) is 10.1. The summed E-state index contributed by atoms with van der Waals surface area (Å²) in [5.74, 6) is -2.68. The van der Waals surface area contributed by atoms with E-state index < -0.39 is 42.0 Å². The highest BCUT2D eigenvalue weighted by Gasteiger charge is 2.40. The number of carboxylic acids is 1. The highest BCUT2D eigenvalue weighted by molar-refractivity contribution is 5.94. The third-order valence-electron chi connectivity index (χ3n) is 7.24. The third kappa shape index (κ3) is 8.03. The molecule has 1 saturated heterocycles. The topological polar surface area (TPSA) is 162 Å². The first kappa shape index (κ1) is 29.6. The van der Waals surface area contributed by atoms with Crippen molar-refractivity contribution in [1.82, 2.24) is 15.5 Å². The number of phenolic OH excluding ortho intramolecular Hbond substituents is 1. The first-order chi connectivity index (χ1) is 18.6. The van der Waals surface area contributed by atoms with Crippen LogP contribution in [0.2, 0.25) is 0 Å². The van der Waals surface area contributed by atoms with Crippen molar-refractivity contribution in [3.05, 3.63) is 65.7 Å². The van der Waals surface area contributed by atoms with Gasteiger partial charge in [0.15, 0.2) is 0 Å². The van der Waals surface area contributed by atoms with E-state index in [4.69, 9.17) is 5.73 Å². The second kappa shape index (κ2) is 13.7. The average Bonchev–Trinajstić information content (AvgIpc) is 3.42. The minimum absolute atomic E-state index is 0.109. The number of nitrogens with zero attached hydrogens (tertiary/aromatic N) is 1. The lowest BCUT2D eigenvalue weighted by Crippen LogP contribution is -2.58. The molecule has 0 bridgehead atoms. The van der Waals surface area contributed by atoms with Crippen LogP contribution in [-0.2, 0) is 32.0 Å². The maximum Gasteiger partial charge on any atom is 0.326 e. The van der Waals surface area contributed by atoms with Crippen molar-refractivity contribution >= 4 is 23.7 Å². The van der Waals surface area contributed by atoms with Crippen molar-refractivity contribution in [2.24, 2.45) is 11.7 Å². The van der Waals surface area contributed by atoms with Gasteiger partial charge in [0, 0.05) is 13.0 Å². The van der Waals surface area contributed by atoms with Crippen LogP contribution in [0.25, 0.3) is 0 Å². The molecule has 210 valence electrons. The molecule has 1 aliphatic heterocycles. The van der Waals surface area contributed by atoms with E-state index in [-0.39, 0.29) is 30.4 Å². The normalized spacial score (nSPS) is 18.0. The van der Waals surface area contributed by atoms with Crippen molar-refractivity contribution < 1.29 is 29.4 Å². The number of rotatable bonds is 12. The number of nitrogens with two attached hydrogens (primary N) is 1. The van der Waals surface area contributed by atoms with Gasteiger partial charge >= 0.3 is 5.97 Å². The molecule has 2 aromatic rings. The van der Waals surface area contributed by atoms with Gasteiger partial charge < -0.3 is 31.5 Å². The Morgan fingerprint density at radius 1 is 1.00 bits per heavy atom. The highest BCUT2D eigenvalue weighted by atomic mass is 16.4. The van der Waals surface area contributed by atoms with Gasteiger partial charge in [-0.15, -0.1) is 0 Å². The van der Waals surface area contributed by atoms with E-state index >= 15 is 0 Å². The monoisotopic (exact) mass is 538 g/mol. The van der Waals surface area contributed by atoms with Crippen LogP contribution in [0.4, 0.5) is 0 Å². The molecule has 1 aliphatic rings. The number of hydrogen-bond donors (Lipinski definition) is 5. The zero-order valence-electron chi connectivity index (χ0n) is 22.4. The molecule has 6 N–H and O–H groups in total. The summed E-state index contributed by atoms with van der Waals surface area (Å²) in [6.07, 6.45) is 1.93. The maximum absolute atomic E-state index is 13.7. The van der Waals surface area contributed by atoms with Crippen LogP contribution >= 0.6 is 0 Å². The number of benzene rings is 2. The number of carboxylic acid groups (broad SMARTS) is 1. The molecule has 0 aliphatic carbocycles. The summed E-state index contributed by atoms with van der Waals surface area (Å²) in [4.78, 5) is 53.2. The zero-order chi connectivity index (χ0) is 28.5. The van der Waals surface area contributed by atoms with Crippen LogP contribution in [0.1, 0.15) is 44.2 Å². The SMILES string of the molecule is CCC(C)C(NC(=O)C(N)Cc1ccc(O)cc1)C(=O)N1CCCC1C(=O)NC(Cc1ccccc1)C(=O)O. The van der Waals surface area contributed by atoms with E-state index in [9.17, 15) is 29.4 Å². The van der Waals surface area contributed by atoms with Crippen LogP contribution in [0.15, 0.2) is 54.6 Å². The lowest BCUT2D eigenvalue weighted by atomic mass is 9.96. The van der Waals surface area contributed by atoms with Crippen LogP contribution in [0, 0.1) is 5.92 Å². The number of nitrogens with one attached hydrogen (secondary N) is 2. The number of aliphatic carboxylic acids is 1. The number of amides is 3. The van der Waals surface area contributed by atoms with Gasteiger partial charge in [-0.1, -0.05) is 62.7 Å². The lowest BCUT2D eigenvalue weighted by Gasteiger charge is -2.32. The van der Waals surface area contributed by atoms with Crippen molar-refractivity contribution in [3.8, 4) is 5.75 Å². The van der Waals surface area contributed by atoms with Gasteiger partial charge in [0.05, 0.1) is 6.04 Å². The molecule has 39 heavy (non-hydrogen) atoms. The summed E-state index contributed by atoms with van der Waals surface area (Å²) in [6.45, 7) is 4.08. The number of likely N-dealkylation sites (tertiary alicyclic amines) is 1. The highest BCUT2D eigenvalue weighted by Crippen LogP contribution is 2.22. The first-order valence-corrected chi connectivity index (χ1v) is 13.3. The number of carbonyl (C=O) groups excluding carboxylic acids is 3. The fourth-order valence-electron chi connectivity index (χ4n) is 4.72. The summed E-state index contributed by atoms with van der Waals surface area (Å²) in [7, 11) is 0. The maximum atomic E-state index is 13.7. The Labute approximate surface area is 228 Å². The summed E-state index contributed by atoms with van der Waals surface area (Å²) >= 11 is 0. The molecule has 3 amide bonds. The van der Waals surface area contributed by atoms with Crippen molar-refractivity contribution in [1.29, 1.82) is 0 Å². The fraction of sp³-hybridized carbons (Fsp3) is 0.448. The van der Waals surface area contributed by atoms with Gasteiger partial charge in [0.1, 0.15) is 23.9 Å². The zero-order valence-corrected chi connectivity index (χ0v) is 22.4. The van der Waals surface area contributed by atoms with Crippen LogP contribution in [0.5, 0.6) is 5.75 Å². The molecule has 0 saturated carbocycles. The summed E-state index contributed by atoms with van der Waals surface area (Å²) < 4.78 is 0. The first-order valence-electron chi connectivity index (χ1n) is 13.3. The predicted molar refractivity (Wildman–Crippen MR) is 146 cm³/mol. The van der Waals surface area contributed by atoms with E-state index in [0.717, 1.165) is 11.1 Å². The molecule has 1 fully saturated rings. The summed E-state index contributed by atoms with van der Waals surface area (Å²) in [5, 5.41) is 24.6. The molecular weight excluding hydrogens is 500 g/mol. The standard InChI is InChI=1S/C29H38N4O6/c1-3-18(2)25(32-26(35)22(30)16-20-11-13-21(34)14-12-20)28(37)33-15-7-10-24(33)27(36)31-23(29(38)39)17-19-8-5-4-6-9-19/h4-6,8-9,11-14,18,22-25,34H,3,7,10,15-17,30H2,1-2H3,(H,31,36)(H,32,35)(H,38,39). The van der Waals surface area contributed by atoms with Gasteiger partial charge in [-0.3, -0.25) is 14.4 Å². The van der Waals surface area contributed by atoms with E-state index in [1.165, 1.54) is 17.0 Å². The molecule has 10 nitrogen and oxygen atoms in total. The Kier molecular flexibility index (Phi) is 10.4. The van der Waals surface area contributed by atoms with Gasteiger partial charge in [-0.25, -0.2) is 4.79 Å².